The van der Waals surface area contributed by atoms with Crippen LogP contribution in [0.1, 0.15) is 5.56 Å². The zero-order chi connectivity index (χ0) is 26.6. The fourth-order valence-electron chi connectivity index (χ4n) is 4.13. The van der Waals surface area contributed by atoms with Crippen LogP contribution in [0.5, 0.6) is 0 Å². The molecule has 0 saturated carbocycles. The highest BCUT2D eigenvalue weighted by Gasteiger charge is 2.34. The molecule has 10 nitrogen and oxygen atoms in total. The lowest BCUT2D eigenvalue weighted by atomic mass is 10.1. The van der Waals surface area contributed by atoms with Crippen molar-refractivity contribution < 1.29 is 14.3 Å². The number of rotatable bonds is 7. The van der Waals surface area contributed by atoms with Crippen molar-refractivity contribution >= 4 is 52.0 Å². The van der Waals surface area contributed by atoms with Crippen molar-refractivity contribution in [1.29, 1.82) is 0 Å². The number of benzene rings is 2. The quantitative estimate of drug-likeness (QED) is 0.297. The first-order valence-electron chi connectivity index (χ1n) is 11.7. The molecule has 1 aliphatic heterocycles. The van der Waals surface area contributed by atoms with Crippen LogP contribution in [0.2, 0.25) is 5.15 Å². The Bertz CT molecular complexity index is 1480. The smallest absolute Gasteiger partial charge is 0.248 e. The van der Waals surface area contributed by atoms with Gasteiger partial charge in [0.15, 0.2) is 5.15 Å². The number of aliphatic hydroxyl groups is 1. The van der Waals surface area contributed by atoms with Gasteiger partial charge in [-0.3, -0.25) is 14.4 Å². The number of halogens is 2. The molecule has 0 saturated heterocycles. The molecule has 1 amide bonds. The predicted octanol–water partition coefficient (Wildman–Crippen LogP) is 4.51. The molecule has 1 atom stereocenters. The summed E-state index contributed by atoms with van der Waals surface area (Å²) in [6, 6.07) is 16.4. The van der Waals surface area contributed by atoms with Crippen LogP contribution in [-0.2, 0) is 18.4 Å². The SMILES string of the molecule is Cn1cc(Nc2ncc3c(n2)N(c2cccc(NC(=O)/C=C/CF)c2)C(O)N(c2ccccc2)C3)c(Cl)n1. The molecule has 4 aromatic rings. The summed E-state index contributed by atoms with van der Waals surface area (Å²) in [5.41, 5.74) is 3.14. The Kier molecular flexibility index (Phi) is 7.20. The lowest BCUT2D eigenvalue weighted by Gasteiger charge is -2.43. The normalized spacial score (nSPS) is 15.0. The van der Waals surface area contributed by atoms with Gasteiger partial charge in [0.1, 0.15) is 12.5 Å². The number of aliphatic hydroxyl groups excluding tert-OH is 1. The Morgan fingerprint density at radius 1 is 1.21 bits per heavy atom. The first-order chi connectivity index (χ1) is 18.4. The minimum absolute atomic E-state index is 0.268. The third kappa shape index (κ3) is 5.29. The van der Waals surface area contributed by atoms with Gasteiger partial charge in [0.25, 0.3) is 0 Å². The van der Waals surface area contributed by atoms with E-state index in [9.17, 15) is 14.3 Å². The summed E-state index contributed by atoms with van der Waals surface area (Å²) in [4.78, 5) is 24.7. The number of alkyl halides is 1. The Morgan fingerprint density at radius 3 is 2.74 bits per heavy atom. The minimum Gasteiger partial charge on any atom is -0.356 e. The van der Waals surface area contributed by atoms with Crippen molar-refractivity contribution in [2.45, 2.75) is 12.9 Å². The number of nitrogens with one attached hydrogen (secondary N) is 2. The van der Waals surface area contributed by atoms with Gasteiger partial charge in [-0.15, -0.1) is 0 Å². The molecule has 194 valence electrons. The molecule has 1 aliphatic rings. The van der Waals surface area contributed by atoms with Crippen LogP contribution in [0, 0.1) is 0 Å². The van der Waals surface area contributed by atoms with E-state index in [1.807, 2.05) is 35.2 Å². The highest BCUT2D eigenvalue weighted by molar-refractivity contribution is 6.32. The zero-order valence-electron chi connectivity index (χ0n) is 20.3. The second-order valence-corrected chi connectivity index (χ2v) is 8.81. The van der Waals surface area contributed by atoms with E-state index in [1.54, 1.807) is 53.3 Å². The molecule has 0 spiro atoms. The predicted molar refractivity (Wildman–Crippen MR) is 144 cm³/mol. The van der Waals surface area contributed by atoms with Crippen LogP contribution in [0.25, 0.3) is 0 Å². The maximum absolute atomic E-state index is 12.4. The van der Waals surface area contributed by atoms with Crippen LogP contribution in [0.15, 0.2) is 79.1 Å². The molecule has 5 rings (SSSR count). The number of aromatic nitrogens is 4. The number of anilines is 6. The second kappa shape index (κ2) is 10.9. The lowest BCUT2D eigenvalue weighted by molar-refractivity contribution is -0.111. The Balaban J connectivity index is 1.55. The van der Waals surface area contributed by atoms with Crippen LogP contribution in [-0.4, -0.2) is 43.8 Å². The van der Waals surface area contributed by atoms with Crippen molar-refractivity contribution in [3.63, 3.8) is 0 Å². The second-order valence-electron chi connectivity index (χ2n) is 8.45. The van der Waals surface area contributed by atoms with Crippen LogP contribution in [0.3, 0.4) is 0 Å². The van der Waals surface area contributed by atoms with Gasteiger partial charge in [0, 0.05) is 48.1 Å². The van der Waals surface area contributed by atoms with Crippen molar-refractivity contribution in [3.05, 3.63) is 89.9 Å². The number of nitrogens with zero attached hydrogens (tertiary/aromatic N) is 6. The summed E-state index contributed by atoms with van der Waals surface area (Å²) in [6.45, 7) is -0.380. The summed E-state index contributed by atoms with van der Waals surface area (Å²) in [5.74, 6) is 0.278. The molecular weight excluding hydrogens is 511 g/mol. The average molecular weight is 535 g/mol. The summed E-state index contributed by atoms with van der Waals surface area (Å²) >= 11 is 6.20. The van der Waals surface area contributed by atoms with Gasteiger partial charge in [0.05, 0.1) is 12.2 Å². The Hall–Kier alpha value is -4.48. The minimum atomic E-state index is -1.13. The van der Waals surface area contributed by atoms with E-state index in [0.717, 1.165) is 23.4 Å². The molecule has 3 N–H and O–H groups in total. The topological polar surface area (TPSA) is 111 Å². The number of allylic oxidation sites excluding steroid dienone is 1. The van der Waals surface area contributed by atoms with Crippen molar-refractivity contribution in [2.75, 3.05) is 27.1 Å². The molecule has 0 bridgehead atoms. The van der Waals surface area contributed by atoms with E-state index in [1.165, 1.54) is 0 Å². The van der Waals surface area contributed by atoms with Gasteiger partial charge in [-0.1, -0.05) is 35.9 Å². The molecule has 2 aromatic carbocycles. The number of hydrogen-bond donors (Lipinski definition) is 3. The summed E-state index contributed by atoms with van der Waals surface area (Å²) in [5, 5.41) is 21.8. The highest BCUT2D eigenvalue weighted by Crippen LogP contribution is 2.38. The van der Waals surface area contributed by atoms with Crippen LogP contribution in [0.4, 0.5) is 38.9 Å². The van der Waals surface area contributed by atoms with Crippen LogP contribution < -0.4 is 20.4 Å². The van der Waals surface area contributed by atoms with Crippen molar-refractivity contribution in [3.8, 4) is 0 Å². The maximum atomic E-state index is 12.4. The first kappa shape index (κ1) is 25.2. The van der Waals surface area contributed by atoms with Crippen molar-refractivity contribution in [1.82, 2.24) is 19.7 Å². The van der Waals surface area contributed by atoms with E-state index in [2.05, 4.69) is 20.7 Å². The summed E-state index contributed by atoms with van der Waals surface area (Å²) in [7, 11) is 1.75. The third-order valence-electron chi connectivity index (χ3n) is 5.79. The molecule has 12 heteroatoms. The van der Waals surface area contributed by atoms with Crippen LogP contribution >= 0.6 is 11.6 Å². The fourth-order valence-corrected chi connectivity index (χ4v) is 4.34. The fraction of sp³-hybridized carbons (Fsp3) is 0.154. The molecule has 38 heavy (non-hydrogen) atoms. The van der Waals surface area contributed by atoms with E-state index >= 15 is 0 Å². The molecule has 2 aromatic heterocycles. The number of carbonyl (C=O) groups excluding carboxylic acids is 1. The maximum Gasteiger partial charge on any atom is 0.248 e. The van der Waals surface area contributed by atoms with E-state index in [-0.39, 0.29) is 11.1 Å². The van der Waals surface area contributed by atoms with Gasteiger partial charge in [-0.2, -0.15) is 10.1 Å². The van der Waals surface area contributed by atoms with Gasteiger partial charge >= 0.3 is 0 Å². The molecule has 3 heterocycles. The van der Waals surface area contributed by atoms with Gasteiger partial charge < -0.3 is 20.6 Å². The van der Waals surface area contributed by atoms with E-state index < -0.39 is 18.9 Å². The molecule has 0 radical (unpaired) electrons. The van der Waals surface area contributed by atoms with Crippen molar-refractivity contribution in [2.24, 2.45) is 7.05 Å². The largest absolute Gasteiger partial charge is 0.356 e. The number of aryl methyl sites for hydroxylation is 1. The standard InChI is InChI=1S/C26H24ClFN8O2/c1-34-16-21(23(27)33-34)31-25-29-14-17-15-35(19-8-3-2-4-9-19)26(38)36(24(17)32-25)20-10-5-7-18(13-20)30-22(37)11-6-12-28/h2-11,13-14,16,26,38H,12,15H2,1H3,(H,30,37)(H,29,31,32)/b11-6+. The van der Waals surface area contributed by atoms with Gasteiger partial charge in [-0.05, 0) is 36.4 Å². The number of fused-ring (bicyclic) bond motifs is 1. The molecule has 0 aliphatic carbocycles. The molecule has 1 unspecified atom stereocenters. The number of amides is 1. The Labute approximate surface area is 223 Å². The molecule has 0 fully saturated rings. The van der Waals surface area contributed by atoms with Gasteiger partial charge in [0.2, 0.25) is 18.2 Å². The number of para-hydroxylation sites is 1. The number of hydrogen-bond acceptors (Lipinski definition) is 8. The summed E-state index contributed by atoms with van der Waals surface area (Å²) < 4.78 is 14.0. The van der Waals surface area contributed by atoms with E-state index in [4.69, 9.17) is 16.6 Å². The van der Waals surface area contributed by atoms with E-state index in [0.29, 0.717) is 29.4 Å². The molecular formula is C26H24ClFN8O2. The first-order valence-corrected chi connectivity index (χ1v) is 12.1. The third-order valence-corrected chi connectivity index (χ3v) is 6.07. The highest BCUT2D eigenvalue weighted by atomic mass is 35.5. The van der Waals surface area contributed by atoms with Gasteiger partial charge in [-0.25, -0.2) is 9.37 Å². The monoisotopic (exact) mass is 534 g/mol. The zero-order valence-corrected chi connectivity index (χ0v) is 21.0. The lowest BCUT2D eigenvalue weighted by Crippen LogP contribution is -2.50. The summed E-state index contributed by atoms with van der Waals surface area (Å²) in [6.07, 6.45) is 4.52. The average Bonchev–Trinajstić information content (AvgIpc) is 3.23. The number of carbonyl (C=O) groups is 1. The Morgan fingerprint density at radius 2 is 2.00 bits per heavy atom.